The summed E-state index contributed by atoms with van der Waals surface area (Å²) in [6, 6.07) is 3.94. The van der Waals surface area contributed by atoms with Crippen molar-refractivity contribution in [2.24, 2.45) is 0 Å². The van der Waals surface area contributed by atoms with Crippen LogP contribution in [0.1, 0.15) is 37.0 Å². The molecule has 0 amide bonds. The second-order valence-electron chi connectivity index (χ2n) is 5.74. The number of hydrogen-bond acceptors (Lipinski definition) is 4. The fourth-order valence-corrected chi connectivity index (χ4v) is 3.89. The summed E-state index contributed by atoms with van der Waals surface area (Å²) in [6.45, 7) is 4.88. The fraction of sp³-hybridized carbons (Fsp3) is 0.533. The molecular weight excluding hydrogens is 402 g/mol. The number of ether oxygens (including phenoxy) is 2. The zero-order valence-electron chi connectivity index (χ0n) is 12.3. The zero-order chi connectivity index (χ0) is 15.6. The predicted molar refractivity (Wildman–Crippen MR) is 89.9 cm³/mol. The van der Waals surface area contributed by atoms with Crippen LogP contribution >= 0.6 is 31.9 Å². The van der Waals surface area contributed by atoms with E-state index in [4.69, 9.17) is 9.47 Å². The maximum absolute atomic E-state index is 12.0. The van der Waals surface area contributed by atoms with Gasteiger partial charge in [-0.2, -0.15) is 0 Å². The van der Waals surface area contributed by atoms with E-state index in [1.807, 2.05) is 6.07 Å². The second kappa shape index (κ2) is 6.67. The summed E-state index contributed by atoms with van der Waals surface area (Å²) in [5, 5.41) is 3.47. The van der Waals surface area contributed by atoms with Crippen LogP contribution in [0.15, 0.2) is 21.1 Å². The van der Waals surface area contributed by atoms with Crippen LogP contribution in [0.5, 0.6) is 0 Å². The summed E-state index contributed by atoms with van der Waals surface area (Å²) in [4.78, 5) is 12.0. The number of carbonyl (C=O) groups excluding carboxylic acids is 1. The fourth-order valence-electron chi connectivity index (χ4n) is 2.55. The smallest absolute Gasteiger partial charge is 0.340 e. The Morgan fingerprint density at radius 2 is 2.14 bits per heavy atom. The van der Waals surface area contributed by atoms with E-state index in [1.54, 1.807) is 6.07 Å². The minimum absolute atomic E-state index is 0.150. The molecule has 4 nitrogen and oxygen atoms in total. The molecule has 2 rings (SSSR count). The number of methoxy groups -OCH3 is 1. The number of hydrogen-bond donors (Lipinski definition) is 1. The monoisotopic (exact) mass is 419 g/mol. The molecular formula is C15H19Br2NO3. The van der Waals surface area contributed by atoms with Gasteiger partial charge < -0.3 is 14.8 Å². The maximum atomic E-state index is 12.0. The molecule has 1 saturated heterocycles. The van der Waals surface area contributed by atoms with Crippen molar-refractivity contribution in [3.05, 3.63) is 26.6 Å². The van der Waals surface area contributed by atoms with E-state index in [1.165, 1.54) is 7.11 Å². The molecule has 1 aliphatic heterocycles. The summed E-state index contributed by atoms with van der Waals surface area (Å²) < 4.78 is 12.3. The van der Waals surface area contributed by atoms with Crippen LogP contribution in [0.2, 0.25) is 0 Å². The molecule has 1 atom stereocenters. The molecule has 0 bridgehead atoms. The van der Waals surface area contributed by atoms with E-state index in [-0.39, 0.29) is 17.6 Å². The topological polar surface area (TPSA) is 47.6 Å². The van der Waals surface area contributed by atoms with Gasteiger partial charge in [-0.15, -0.1) is 0 Å². The Kier molecular flexibility index (Phi) is 5.33. The molecule has 6 heteroatoms. The Balaban J connectivity index is 2.28. The van der Waals surface area contributed by atoms with Crippen LogP contribution < -0.4 is 5.32 Å². The Bertz CT molecular complexity index is 546. The Labute approximate surface area is 141 Å². The summed E-state index contributed by atoms with van der Waals surface area (Å²) in [5.41, 5.74) is 1.14. The number of halogens is 2. The van der Waals surface area contributed by atoms with Crippen LogP contribution in [0.4, 0.5) is 5.69 Å². The molecule has 1 aromatic rings. The van der Waals surface area contributed by atoms with Crippen molar-refractivity contribution in [3.8, 4) is 0 Å². The minimum atomic E-state index is -0.356. The molecule has 0 aliphatic carbocycles. The van der Waals surface area contributed by atoms with Crippen molar-refractivity contribution in [1.82, 2.24) is 0 Å². The number of nitrogens with one attached hydrogen (secondary N) is 1. The van der Waals surface area contributed by atoms with Gasteiger partial charge in [-0.05, 0) is 54.8 Å². The first kappa shape index (κ1) is 16.8. The lowest BCUT2D eigenvalue weighted by molar-refractivity contribution is -0.0553. The molecule has 1 aliphatic rings. The van der Waals surface area contributed by atoms with Crippen molar-refractivity contribution in [3.63, 3.8) is 0 Å². The first-order valence-corrected chi connectivity index (χ1v) is 8.39. The molecule has 1 aromatic carbocycles. The van der Waals surface area contributed by atoms with Crippen molar-refractivity contribution in [2.75, 3.05) is 19.0 Å². The van der Waals surface area contributed by atoms with Gasteiger partial charge in [-0.25, -0.2) is 4.79 Å². The first-order valence-electron chi connectivity index (χ1n) is 6.80. The van der Waals surface area contributed by atoms with Crippen molar-refractivity contribution >= 4 is 43.5 Å². The average molecular weight is 421 g/mol. The highest BCUT2D eigenvalue weighted by Crippen LogP contribution is 2.34. The Morgan fingerprint density at radius 1 is 1.43 bits per heavy atom. The summed E-state index contributed by atoms with van der Waals surface area (Å²) in [6.07, 6.45) is 1.79. The van der Waals surface area contributed by atoms with E-state index >= 15 is 0 Å². The van der Waals surface area contributed by atoms with Crippen molar-refractivity contribution in [2.45, 2.75) is 38.3 Å². The SMILES string of the molecule is COC(=O)c1cc(Br)cc(Br)c1NC1CCOC(C)(C)C1. The molecule has 0 radical (unpaired) electrons. The highest BCUT2D eigenvalue weighted by Gasteiger charge is 2.30. The second-order valence-corrected chi connectivity index (χ2v) is 7.51. The number of carbonyl (C=O) groups is 1. The molecule has 1 heterocycles. The van der Waals surface area contributed by atoms with Gasteiger partial charge in [-0.3, -0.25) is 0 Å². The van der Waals surface area contributed by atoms with Gasteiger partial charge in [0, 0.05) is 21.6 Å². The van der Waals surface area contributed by atoms with Gasteiger partial charge >= 0.3 is 5.97 Å². The number of rotatable bonds is 3. The lowest BCUT2D eigenvalue weighted by Crippen LogP contribution is -2.40. The highest BCUT2D eigenvalue weighted by atomic mass is 79.9. The van der Waals surface area contributed by atoms with Crippen LogP contribution in [0, 0.1) is 0 Å². The van der Waals surface area contributed by atoms with Gasteiger partial charge in [0.15, 0.2) is 0 Å². The van der Waals surface area contributed by atoms with Gasteiger partial charge in [0.25, 0.3) is 0 Å². The highest BCUT2D eigenvalue weighted by molar-refractivity contribution is 9.11. The molecule has 1 unspecified atom stereocenters. The predicted octanol–water partition coefficient (Wildman–Crippen LogP) is 4.37. The lowest BCUT2D eigenvalue weighted by Gasteiger charge is -2.36. The van der Waals surface area contributed by atoms with E-state index < -0.39 is 0 Å². The van der Waals surface area contributed by atoms with E-state index in [2.05, 4.69) is 51.0 Å². The zero-order valence-corrected chi connectivity index (χ0v) is 15.5. The molecule has 21 heavy (non-hydrogen) atoms. The quantitative estimate of drug-likeness (QED) is 0.737. The number of esters is 1. The molecule has 116 valence electrons. The van der Waals surface area contributed by atoms with Gasteiger partial charge in [-0.1, -0.05) is 15.9 Å². The van der Waals surface area contributed by atoms with Crippen LogP contribution in [-0.2, 0) is 9.47 Å². The van der Waals surface area contributed by atoms with E-state index in [9.17, 15) is 4.79 Å². The summed E-state index contributed by atoms with van der Waals surface area (Å²) in [7, 11) is 1.39. The standard InChI is InChI=1S/C15H19Br2NO3/c1-15(2)8-10(4-5-21-15)18-13-11(14(19)20-3)6-9(16)7-12(13)17/h6-7,10,18H,4-5,8H2,1-3H3. The first-order chi connectivity index (χ1) is 9.82. The van der Waals surface area contributed by atoms with Crippen LogP contribution in [0.25, 0.3) is 0 Å². The normalized spacial score (nSPS) is 20.9. The third kappa shape index (κ3) is 4.20. The van der Waals surface area contributed by atoms with E-state index in [0.717, 1.165) is 27.5 Å². The van der Waals surface area contributed by atoms with E-state index in [0.29, 0.717) is 12.2 Å². The number of benzene rings is 1. The van der Waals surface area contributed by atoms with Gasteiger partial charge in [0.1, 0.15) is 0 Å². The van der Waals surface area contributed by atoms with Crippen molar-refractivity contribution in [1.29, 1.82) is 0 Å². The third-order valence-electron chi connectivity index (χ3n) is 3.51. The minimum Gasteiger partial charge on any atom is -0.465 e. The lowest BCUT2D eigenvalue weighted by atomic mass is 9.93. The summed E-state index contributed by atoms with van der Waals surface area (Å²) in [5.74, 6) is -0.356. The molecule has 0 saturated carbocycles. The van der Waals surface area contributed by atoms with Crippen molar-refractivity contribution < 1.29 is 14.3 Å². The van der Waals surface area contributed by atoms with Crippen LogP contribution in [0.3, 0.4) is 0 Å². The molecule has 1 fully saturated rings. The largest absolute Gasteiger partial charge is 0.465 e. The van der Waals surface area contributed by atoms with Crippen LogP contribution in [-0.4, -0.2) is 31.3 Å². The molecule has 1 N–H and O–H groups in total. The van der Waals surface area contributed by atoms with Gasteiger partial charge in [0.05, 0.1) is 24.0 Å². The molecule has 0 aromatic heterocycles. The Hall–Kier alpha value is -0.590. The maximum Gasteiger partial charge on any atom is 0.340 e. The Morgan fingerprint density at radius 3 is 2.76 bits per heavy atom. The average Bonchev–Trinajstić information content (AvgIpc) is 2.39. The summed E-state index contributed by atoms with van der Waals surface area (Å²) >= 11 is 6.92. The van der Waals surface area contributed by atoms with Gasteiger partial charge in [0.2, 0.25) is 0 Å². The third-order valence-corrected chi connectivity index (χ3v) is 4.59. The molecule has 0 spiro atoms. The number of anilines is 1.